The summed E-state index contributed by atoms with van der Waals surface area (Å²) in [5.41, 5.74) is 0.554. The van der Waals surface area contributed by atoms with Gasteiger partial charge in [-0.2, -0.15) is 0 Å². The molecule has 1 aliphatic heterocycles. The van der Waals surface area contributed by atoms with E-state index in [1.54, 1.807) is 6.07 Å². The van der Waals surface area contributed by atoms with Crippen LogP contribution in [0.5, 0.6) is 11.5 Å². The van der Waals surface area contributed by atoms with E-state index in [0.717, 1.165) is 12.8 Å². The smallest absolute Gasteiger partial charge is 0.255 e. The predicted molar refractivity (Wildman–Crippen MR) is 64.7 cm³/mol. The van der Waals surface area contributed by atoms with Gasteiger partial charge in [0, 0.05) is 6.54 Å². The summed E-state index contributed by atoms with van der Waals surface area (Å²) in [4.78, 5) is 11.9. The second-order valence-electron chi connectivity index (χ2n) is 3.94. The molecule has 1 heterocycles. The molecule has 0 bridgehead atoms. The van der Waals surface area contributed by atoms with Crippen molar-refractivity contribution in [2.24, 2.45) is 0 Å². The van der Waals surface area contributed by atoms with Crippen LogP contribution in [0.4, 0.5) is 0 Å². The van der Waals surface area contributed by atoms with Crippen LogP contribution in [-0.2, 0) is 0 Å². The Balaban J connectivity index is 2.12. The fraction of sp³-hybridized carbons (Fsp3) is 0.462. The van der Waals surface area contributed by atoms with Gasteiger partial charge in [-0.15, -0.1) is 0 Å². The Hall–Kier alpha value is -1.71. The number of fused-ring (bicyclic) bond motifs is 1. The van der Waals surface area contributed by atoms with Crippen LogP contribution >= 0.6 is 0 Å². The lowest BCUT2D eigenvalue weighted by atomic mass is 10.1. The summed E-state index contributed by atoms with van der Waals surface area (Å²) in [6.45, 7) is 3.81. The molecule has 4 nitrogen and oxygen atoms in total. The number of hydrogen-bond acceptors (Lipinski definition) is 3. The summed E-state index contributed by atoms with van der Waals surface area (Å²) in [5.74, 6) is 1.12. The summed E-state index contributed by atoms with van der Waals surface area (Å²) < 4.78 is 10.9. The quantitative estimate of drug-likeness (QED) is 0.812. The number of carbonyl (C=O) groups is 1. The van der Waals surface area contributed by atoms with E-state index in [-0.39, 0.29) is 5.91 Å². The number of ether oxygens (including phenoxy) is 2. The Labute approximate surface area is 101 Å². The molecule has 0 spiro atoms. The fourth-order valence-corrected chi connectivity index (χ4v) is 1.73. The molecule has 0 atom stereocenters. The maximum Gasteiger partial charge on any atom is 0.255 e. The molecule has 0 saturated heterocycles. The molecule has 0 radical (unpaired) electrons. The van der Waals surface area contributed by atoms with Crippen molar-refractivity contribution in [1.29, 1.82) is 0 Å². The monoisotopic (exact) mass is 235 g/mol. The van der Waals surface area contributed by atoms with Crippen molar-refractivity contribution < 1.29 is 14.3 Å². The minimum absolute atomic E-state index is 0.0965. The molecule has 1 amide bonds. The highest BCUT2D eigenvalue weighted by molar-refractivity contribution is 5.97. The van der Waals surface area contributed by atoms with Crippen molar-refractivity contribution in [3.8, 4) is 11.5 Å². The van der Waals surface area contributed by atoms with Gasteiger partial charge in [-0.25, -0.2) is 0 Å². The molecular weight excluding hydrogens is 218 g/mol. The molecule has 1 aromatic carbocycles. The predicted octanol–water partition coefficient (Wildman–Crippen LogP) is 1.99. The minimum atomic E-state index is -0.0965. The highest BCUT2D eigenvalue weighted by Crippen LogP contribution is 2.33. The summed E-state index contributed by atoms with van der Waals surface area (Å²) in [6, 6.07) is 5.38. The number of hydrogen-bond donors (Lipinski definition) is 1. The van der Waals surface area contributed by atoms with Gasteiger partial charge in [0.05, 0.1) is 5.56 Å². The van der Waals surface area contributed by atoms with Crippen molar-refractivity contribution in [3.63, 3.8) is 0 Å². The van der Waals surface area contributed by atoms with E-state index in [2.05, 4.69) is 12.2 Å². The number of unbranched alkanes of at least 4 members (excludes halogenated alkanes) is 1. The van der Waals surface area contributed by atoms with Crippen molar-refractivity contribution >= 4 is 5.91 Å². The number of carbonyl (C=O) groups excluding carboxylic acids is 1. The standard InChI is InChI=1S/C13H17NO3/c1-2-3-7-14-13(15)10-5-4-6-11-12(10)17-9-8-16-11/h4-6H,2-3,7-9H2,1H3,(H,14,15). The highest BCUT2D eigenvalue weighted by Gasteiger charge is 2.19. The number of para-hydroxylation sites is 1. The van der Waals surface area contributed by atoms with Gasteiger partial charge in [0.15, 0.2) is 11.5 Å². The normalized spacial score (nSPS) is 13.2. The summed E-state index contributed by atoms with van der Waals surface area (Å²) in [6.07, 6.45) is 2.05. The molecule has 0 saturated carbocycles. The third-order valence-corrected chi connectivity index (χ3v) is 2.63. The van der Waals surface area contributed by atoms with E-state index >= 15 is 0 Å². The molecule has 0 aromatic heterocycles. The zero-order valence-corrected chi connectivity index (χ0v) is 9.99. The molecular formula is C13H17NO3. The first-order chi connectivity index (χ1) is 8.33. The topological polar surface area (TPSA) is 47.6 Å². The molecule has 1 N–H and O–H groups in total. The third kappa shape index (κ3) is 2.70. The van der Waals surface area contributed by atoms with Crippen molar-refractivity contribution in [1.82, 2.24) is 5.32 Å². The largest absolute Gasteiger partial charge is 0.486 e. The average molecular weight is 235 g/mol. The SMILES string of the molecule is CCCCNC(=O)c1cccc2c1OCCO2. The van der Waals surface area contributed by atoms with Crippen LogP contribution in [0.15, 0.2) is 18.2 Å². The molecule has 0 fully saturated rings. The molecule has 0 unspecified atom stereocenters. The van der Waals surface area contributed by atoms with E-state index in [1.165, 1.54) is 0 Å². The van der Waals surface area contributed by atoms with Crippen LogP contribution in [-0.4, -0.2) is 25.7 Å². The van der Waals surface area contributed by atoms with E-state index in [9.17, 15) is 4.79 Å². The fourth-order valence-electron chi connectivity index (χ4n) is 1.73. The van der Waals surface area contributed by atoms with Crippen molar-refractivity contribution in [3.05, 3.63) is 23.8 Å². The van der Waals surface area contributed by atoms with Crippen molar-refractivity contribution in [2.45, 2.75) is 19.8 Å². The maximum absolute atomic E-state index is 11.9. The van der Waals surface area contributed by atoms with Gasteiger partial charge in [-0.05, 0) is 18.6 Å². The number of benzene rings is 1. The molecule has 17 heavy (non-hydrogen) atoms. The van der Waals surface area contributed by atoms with E-state index in [4.69, 9.17) is 9.47 Å². The lowest BCUT2D eigenvalue weighted by Crippen LogP contribution is -2.26. The molecule has 2 rings (SSSR count). The lowest BCUT2D eigenvalue weighted by Gasteiger charge is -2.20. The third-order valence-electron chi connectivity index (χ3n) is 2.63. The van der Waals surface area contributed by atoms with Gasteiger partial charge < -0.3 is 14.8 Å². The highest BCUT2D eigenvalue weighted by atomic mass is 16.6. The summed E-state index contributed by atoms with van der Waals surface area (Å²) in [5, 5.41) is 2.88. The van der Waals surface area contributed by atoms with E-state index < -0.39 is 0 Å². The Kier molecular flexibility index (Phi) is 3.85. The Morgan fingerprint density at radius 3 is 3.00 bits per heavy atom. The van der Waals surface area contributed by atoms with E-state index in [0.29, 0.717) is 36.8 Å². The van der Waals surface area contributed by atoms with Crippen LogP contribution < -0.4 is 14.8 Å². The van der Waals surface area contributed by atoms with Crippen molar-refractivity contribution in [2.75, 3.05) is 19.8 Å². The first kappa shape index (κ1) is 11.8. The summed E-state index contributed by atoms with van der Waals surface area (Å²) in [7, 11) is 0. The van der Waals surface area contributed by atoms with Crippen LogP contribution in [0.1, 0.15) is 30.1 Å². The second kappa shape index (κ2) is 5.57. The molecule has 0 aliphatic carbocycles. The Morgan fingerprint density at radius 2 is 2.18 bits per heavy atom. The maximum atomic E-state index is 11.9. The number of rotatable bonds is 4. The summed E-state index contributed by atoms with van der Waals surface area (Å²) >= 11 is 0. The average Bonchev–Trinajstić information content (AvgIpc) is 2.38. The van der Waals surface area contributed by atoms with Gasteiger partial charge in [0.25, 0.3) is 5.91 Å². The Morgan fingerprint density at radius 1 is 1.35 bits per heavy atom. The lowest BCUT2D eigenvalue weighted by molar-refractivity contribution is 0.0942. The van der Waals surface area contributed by atoms with Gasteiger partial charge in [0.1, 0.15) is 13.2 Å². The Bertz CT molecular complexity index is 404. The number of nitrogens with one attached hydrogen (secondary N) is 1. The minimum Gasteiger partial charge on any atom is -0.486 e. The number of amides is 1. The zero-order valence-electron chi connectivity index (χ0n) is 9.99. The second-order valence-corrected chi connectivity index (χ2v) is 3.94. The first-order valence-corrected chi connectivity index (χ1v) is 5.99. The molecule has 92 valence electrons. The molecule has 1 aromatic rings. The van der Waals surface area contributed by atoms with Crippen LogP contribution in [0.2, 0.25) is 0 Å². The molecule has 1 aliphatic rings. The van der Waals surface area contributed by atoms with Gasteiger partial charge in [0.2, 0.25) is 0 Å². The van der Waals surface area contributed by atoms with Crippen LogP contribution in [0.3, 0.4) is 0 Å². The van der Waals surface area contributed by atoms with Gasteiger partial charge in [-0.1, -0.05) is 19.4 Å². The van der Waals surface area contributed by atoms with Crippen LogP contribution in [0.25, 0.3) is 0 Å². The van der Waals surface area contributed by atoms with Gasteiger partial charge >= 0.3 is 0 Å². The first-order valence-electron chi connectivity index (χ1n) is 5.99. The van der Waals surface area contributed by atoms with Gasteiger partial charge in [-0.3, -0.25) is 4.79 Å². The van der Waals surface area contributed by atoms with Crippen LogP contribution in [0, 0.1) is 0 Å². The zero-order chi connectivity index (χ0) is 12.1. The van der Waals surface area contributed by atoms with E-state index in [1.807, 2.05) is 12.1 Å². The molecule has 4 heteroatoms.